The van der Waals surface area contributed by atoms with Gasteiger partial charge in [-0.15, -0.1) is 0 Å². The van der Waals surface area contributed by atoms with Gasteiger partial charge in [0.15, 0.2) is 5.16 Å². The van der Waals surface area contributed by atoms with Crippen molar-refractivity contribution < 1.29 is 4.79 Å². The van der Waals surface area contributed by atoms with Crippen LogP contribution in [0.25, 0.3) is 5.69 Å². The highest BCUT2D eigenvalue weighted by atomic mass is 32.2. The molecule has 0 bridgehead atoms. The number of aromatic nitrogens is 2. The second-order valence-corrected chi connectivity index (χ2v) is 8.19. The van der Waals surface area contributed by atoms with Gasteiger partial charge in [-0.2, -0.15) is 0 Å². The minimum Gasteiger partial charge on any atom is -0.325 e. The van der Waals surface area contributed by atoms with Crippen molar-refractivity contribution in [2.24, 2.45) is 0 Å². The summed E-state index contributed by atoms with van der Waals surface area (Å²) >= 11 is 1.47. The molecule has 0 aliphatic rings. The van der Waals surface area contributed by atoms with E-state index < -0.39 is 0 Å². The molecular formula is C22H25N3OS. The van der Waals surface area contributed by atoms with Gasteiger partial charge < -0.3 is 5.32 Å². The van der Waals surface area contributed by atoms with Crippen LogP contribution in [0.1, 0.15) is 29.2 Å². The molecule has 0 saturated heterocycles. The van der Waals surface area contributed by atoms with Gasteiger partial charge in [-0.1, -0.05) is 42.1 Å². The maximum absolute atomic E-state index is 12.7. The maximum atomic E-state index is 12.7. The average Bonchev–Trinajstić information content (AvgIpc) is 3.08. The summed E-state index contributed by atoms with van der Waals surface area (Å²) < 4.78 is 2.05. The van der Waals surface area contributed by atoms with Crippen molar-refractivity contribution in [1.82, 2.24) is 9.55 Å². The quantitative estimate of drug-likeness (QED) is 0.618. The molecule has 140 valence electrons. The van der Waals surface area contributed by atoms with Gasteiger partial charge in [-0.25, -0.2) is 4.98 Å². The Balaban J connectivity index is 1.79. The summed E-state index contributed by atoms with van der Waals surface area (Å²) in [6, 6.07) is 12.4. The molecule has 1 atom stereocenters. The Bertz CT molecular complexity index is 957. The smallest absolute Gasteiger partial charge is 0.237 e. The minimum atomic E-state index is -0.268. The molecule has 3 rings (SSSR count). The van der Waals surface area contributed by atoms with Gasteiger partial charge in [-0.3, -0.25) is 9.36 Å². The van der Waals surface area contributed by atoms with Crippen molar-refractivity contribution in [2.75, 3.05) is 5.32 Å². The Morgan fingerprint density at radius 3 is 2.48 bits per heavy atom. The van der Waals surface area contributed by atoms with Gasteiger partial charge in [0.2, 0.25) is 5.91 Å². The highest BCUT2D eigenvalue weighted by molar-refractivity contribution is 8.00. The largest absolute Gasteiger partial charge is 0.325 e. The first-order valence-corrected chi connectivity index (χ1v) is 9.89. The van der Waals surface area contributed by atoms with E-state index in [9.17, 15) is 4.79 Å². The SMILES string of the molecule is Cc1ccc(C)c(-n2ccnc2SC(C)C(=O)Nc2c(C)cccc2C)c1. The van der Waals surface area contributed by atoms with E-state index in [-0.39, 0.29) is 11.2 Å². The van der Waals surface area contributed by atoms with Gasteiger partial charge >= 0.3 is 0 Å². The number of carbonyl (C=O) groups excluding carboxylic acids is 1. The summed E-state index contributed by atoms with van der Waals surface area (Å²) in [5.41, 5.74) is 6.49. The van der Waals surface area contributed by atoms with Crippen molar-refractivity contribution in [1.29, 1.82) is 0 Å². The molecule has 1 N–H and O–H groups in total. The molecule has 0 aliphatic heterocycles. The zero-order valence-corrected chi connectivity index (χ0v) is 17.2. The van der Waals surface area contributed by atoms with E-state index in [2.05, 4.69) is 46.9 Å². The lowest BCUT2D eigenvalue weighted by atomic mass is 10.1. The number of imidazole rings is 1. The molecule has 0 spiro atoms. The van der Waals surface area contributed by atoms with Crippen molar-refractivity contribution in [3.05, 3.63) is 71.0 Å². The van der Waals surface area contributed by atoms with Crippen LogP contribution in [0.5, 0.6) is 0 Å². The standard InChI is InChI=1S/C22H25N3OS/c1-14-9-10-15(2)19(13-14)25-12-11-23-22(25)27-18(5)21(26)24-20-16(3)7-6-8-17(20)4/h6-13,18H,1-5H3,(H,24,26). The lowest BCUT2D eigenvalue weighted by Gasteiger charge is -2.16. The summed E-state index contributed by atoms with van der Waals surface area (Å²) in [7, 11) is 0. The Morgan fingerprint density at radius 1 is 1.07 bits per heavy atom. The molecule has 0 radical (unpaired) electrons. The second-order valence-electron chi connectivity index (χ2n) is 6.89. The third-order valence-electron chi connectivity index (χ3n) is 4.61. The summed E-state index contributed by atoms with van der Waals surface area (Å²) in [4.78, 5) is 17.2. The van der Waals surface area contributed by atoms with E-state index in [1.807, 2.05) is 45.2 Å². The molecule has 4 nitrogen and oxygen atoms in total. The second kappa shape index (κ2) is 8.01. The van der Waals surface area contributed by atoms with Crippen LogP contribution in [0.2, 0.25) is 0 Å². The first-order valence-electron chi connectivity index (χ1n) is 9.01. The number of amides is 1. The van der Waals surface area contributed by atoms with Crippen LogP contribution in [-0.2, 0) is 4.79 Å². The van der Waals surface area contributed by atoms with Gasteiger partial charge in [-0.05, 0) is 62.9 Å². The number of thioether (sulfide) groups is 1. The Morgan fingerprint density at radius 2 is 1.78 bits per heavy atom. The predicted octanol–water partition coefficient (Wildman–Crippen LogP) is 5.23. The molecule has 1 amide bonds. The molecule has 0 saturated carbocycles. The van der Waals surface area contributed by atoms with Gasteiger partial charge in [0, 0.05) is 18.1 Å². The van der Waals surface area contributed by atoms with Gasteiger partial charge in [0.1, 0.15) is 0 Å². The van der Waals surface area contributed by atoms with Gasteiger partial charge in [0.05, 0.1) is 10.9 Å². The molecule has 0 aliphatic carbocycles. The maximum Gasteiger partial charge on any atom is 0.237 e. The van der Waals surface area contributed by atoms with Crippen molar-refractivity contribution in [2.45, 2.75) is 45.0 Å². The summed E-state index contributed by atoms with van der Waals surface area (Å²) in [6.45, 7) is 10.1. The average molecular weight is 380 g/mol. The Hall–Kier alpha value is -2.53. The number of para-hydroxylation sites is 1. The molecule has 2 aromatic carbocycles. The number of carbonyl (C=O) groups is 1. The van der Waals surface area contributed by atoms with E-state index in [4.69, 9.17) is 0 Å². The third kappa shape index (κ3) is 4.25. The molecule has 1 aromatic heterocycles. The summed E-state index contributed by atoms with van der Waals surface area (Å²) in [5.74, 6) is -0.0204. The lowest BCUT2D eigenvalue weighted by molar-refractivity contribution is -0.115. The number of nitrogens with one attached hydrogen (secondary N) is 1. The molecule has 27 heavy (non-hydrogen) atoms. The molecule has 5 heteroatoms. The topological polar surface area (TPSA) is 46.9 Å². The van der Waals surface area contributed by atoms with Crippen LogP contribution in [0.3, 0.4) is 0 Å². The Kier molecular flexibility index (Phi) is 5.71. The van der Waals surface area contributed by atoms with Crippen molar-refractivity contribution in [3.63, 3.8) is 0 Å². The number of aryl methyl sites for hydroxylation is 4. The monoisotopic (exact) mass is 379 g/mol. The van der Waals surface area contributed by atoms with Crippen molar-refractivity contribution >= 4 is 23.4 Å². The Labute approximate surface area is 165 Å². The number of anilines is 1. The summed E-state index contributed by atoms with van der Waals surface area (Å²) in [5, 5.41) is 3.62. The fraction of sp³-hybridized carbons (Fsp3) is 0.273. The molecule has 1 unspecified atom stereocenters. The van der Waals surface area contributed by atoms with Crippen LogP contribution in [0.4, 0.5) is 5.69 Å². The minimum absolute atomic E-state index is 0.0204. The van der Waals surface area contributed by atoms with Crippen molar-refractivity contribution in [3.8, 4) is 5.69 Å². The summed E-state index contributed by atoms with van der Waals surface area (Å²) in [6.07, 6.45) is 3.72. The van der Waals surface area contributed by atoms with Gasteiger partial charge in [0.25, 0.3) is 0 Å². The van der Waals surface area contributed by atoms with Crippen LogP contribution < -0.4 is 5.32 Å². The zero-order chi connectivity index (χ0) is 19.6. The van der Waals surface area contributed by atoms with Crippen LogP contribution in [-0.4, -0.2) is 20.7 Å². The zero-order valence-electron chi connectivity index (χ0n) is 16.4. The molecular weight excluding hydrogens is 354 g/mol. The third-order valence-corrected chi connectivity index (χ3v) is 5.69. The van der Waals surface area contributed by atoms with E-state index >= 15 is 0 Å². The normalized spacial score (nSPS) is 12.0. The van der Waals surface area contributed by atoms with E-state index in [1.54, 1.807) is 6.20 Å². The highest BCUT2D eigenvalue weighted by Gasteiger charge is 2.19. The fourth-order valence-electron chi connectivity index (χ4n) is 2.99. The molecule has 0 fully saturated rings. The van der Waals surface area contributed by atoms with Crippen LogP contribution in [0.15, 0.2) is 53.9 Å². The van der Waals surface area contributed by atoms with E-state index in [1.165, 1.54) is 22.9 Å². The predicted molar refractivity (Wildman–Crippen MR) is 113 cm³/mol. The lowest BCUT2D eigenvalue weighted by Crippen LogP contribution is -2.23. The molecule has 1 heterocycles. The fourth-order valence-corrected chi connectivity index (χ4v) is 3.86. The number of nitrogens with zero attached hydrogens (tertiary/aromatic N) is 2. The van der Waals surface area contributed by atoms with E-state index in [0.717, 1.165) is 27.7 Å². The number of benzene rings is 2. The highest BCUT2D eigenvalue weighted by Crippen LogP contribution is 2.28. The first kappa shape index (κ1) is 19.2. The first-order chi connectivity index (χ1) is 12.9. The van der Waals surface area contributed by atoms with Crippen LogP contribution >= 0.6 is 11.8 Å². The van der Waals surface area contributed by atoms with E-state index in [0.29, 0.717) is 0 Å². The number of hydrogen-bond donors (Lipinski definition) is 1. The number of rotatable bonds is 5. The number of hydrogen-bond acceptors (Lipinski definition) is 3. The molecule has 3 aromatic rings. The van der Waals surface area contributed by atoms with Crippen LogP contribution in [0, 0.1) is 27.7 Å².